The standard InChI is InChI=1S/C16H18N5O4P/c1-2-12(8-21-10-20-14-15(17)18-9-19-16(14)21)24-11-26(22,23)25-13-6-4-3-5-7-13/h2-7,9-10,12H,1,8,11H2,(H,22,23)(H2,17,18,19)/t12-/m1/s1. The molecule has 0 aliphatic rings. The highest BCUT2D eigenvalue weighted by Gasteiger charge is 2.23. The van der Waals surface area contributed by atoms with E-state index in [1.54, 1.807) is 41.2 Å². The van der Waals surface area contributed by atoms with Crippen LogP contribution in [-0.2, 0) is 15.8 Å². The number of nitrogen functional groups attached to an aromatic ring is 1. The molecule has 3 aromatic rings. The van der Waals surface area contributed by atoms with Gasteiger partial charge in [0, 0.05) is 0 Å². The highest BCUT2D eigenvalue weighted by molar-refractivity contribution is 7.53. The van der Waals surface area contributed by atoms with Gasteiger partial charge in [0.2, 0.25) is 0 Å². The van der Waals surface area contributed by atoms with Gasteiger partial charge < -0.3 is 24.5 Å². The van der Waals surface area contributed by atoms with Crippen molar-refractivity contribution < 1.29 is 18.7 Å². The van der Waals surface area contributed by atoms with Gasteiger partial charge >= 0.3 is 7.60 Å². The fraction of sp³-hybridized carbons (Fsp3) is 0.188. The molecule has 3 rings (SSSR count). The van der Waals surface area contributed by atoms with Gasteiger partial charge in [-0.15, -0.1) is 6.58 Å². The van der Waals surface area contributed by atoms with E-state index in [4.69, 9.17) is 15.0 Å². The van der Waals surface area contributed by atoms with Crippen LogP contribution >= 0.6 is 7.60 Å². The van der Waals surface area contributed by atoms with Gasteiger partial charge in [-0.05, 0) is 12.1 Å². The number of rotatable bonds is 8. The van der Waals surface area contributed by atoms with Crippen LogP contribution in [0.5, 0.6) is 5.75 Å². The van der Waals surface area contributed by atoms with E-state index in [2.05, 4.69) is 21.5 Å². The van der Waals surface area contributed by atoms with Crippen molar-refractivity contribution in [2.24, 2.45) is 0 Å². The zero-order valence-electron chi connectivity index (χ0n) is 13.8. The lowest BCUT2D eigenvalue weighted by Crippen LogP contribution is -2.19. The molecular formula is C16H18N5O4P. The lowest BCUT2D eigenvalue weighted by Gasteiger charge is -2.18. The SMILES string of the molecule is C=C[C@H](Cn1cnc2c(N)ncnc21)OCP(=O)(O)Oc1ccccc1. The Hall–Kier alpha value is -2.74. The number of benzene rings is 1. The number of nitrogens with zero attached hydrogens (tertiary/aromatic N) is 4. The molecule has 0 radical (unpaired) electrons. The minimum atomic E-state index is -3.97. The normalized spacial score (nSPS) is 14.7. The Balaban J connectivity index is 1.65. The van der Waals surface area contributed by atoms with Crippen LogP contribution in [0.4, 0.5) is 5.82 Å². The zero-order chi connectivity index (χ0) is 18.6. The number of imidazole rings is 1. The van der Waals surface area contributed by atoms with Crippen LogP contribution < -0.4 is 10.3 Å². The smallest absolute Gasteiger partial charge is 0.402 e. The number of anilines is 1. The quantitative estimate of drug-likeness (QED) is 0.453. The molecule has 0 saturated heterocycles. The molecule has 2 heterocycles. The molecule has 10 heteroatoms. The number of para-hydroxylation sites is 1. The molecule has 0 amide bonds. The van der Waals surface area contributed by atoms with Crippen molar-refractivity contribution in [3.63, 3.8) is 0 Å². The number of hydrogen-bond acceptors (Lipinski definition) is 7. The first kappa shape index (κ1) is 18.1. The predicted octanol–water partition coefficient (Wildman–Crippen LogP) is 2.20. The fourth-order valence-corrected chi connectivity index (χ4v) is 3.17. The lowest BCUT2D eigenvalue weighted by atomic mass is 10.3. The molecular weight excluding hydrogens is 357 g/mol. The highest BCUT2D eigenvalue weighted by Crippen LogP contribution is 2.42. The van der Waals surface area contributed by atoms with Crippen molar-refractivity contribution in [3.8, 4) is 5.75 Å². The summed E-state index contributed by atoms with van der Waals surface area (Å²) in [6.45, 7) is 3.99. The Kier molecular flexibility index (Phi) is 5.32. The van der Waals surface area contributed by atoms with E-state index in [-0.39, 0.29) is 5.82 Å². The number of aromatic nitrogens is 4. The summed E-state index contributed by atoms with van der Waals surface area (Å²) < 4.78 is 24.5. The molecule has 0 aliphatic heterocycles. The van der Waals surface area contributed by atoms with Gasteiger partial charge in [0.15, 0.2) is 17.8 Å². The van der Waals surface area contributed by atoms with Crippen molar-refractivity contribution in [1.82, 2.24) is 19.5 Å². The minimum absolute atomic E-state index is 0.279. The molecule has 136 valence electrons. The highest BCUT2D eigenvalue weighted by atomic mass is 31.2. The molecule has 3 N–H and O–H groups in total. The lowest BCUT2D eigenvalue weighted by molar-refractivity contribution is 0.0975. The summed E-state index contributed by atoms with van der Waals surface area (Å²) in [5, 5.41) is 0. The van der Waals surface area contributed by atoms with Crippen LogP contribution in [0.3, 0.4) is 0 Å². The average Bonchev–Trinajstić information content (AvgIpc) is 3.03. The Morgan fingerprint density at radius 1 is 1.31 bits per heavy atom. The van der Waals surface area contributed by atoms with Crippen LogP contribution in [0, 0.1) is 0 Å². The van der Waals surface area contributed by atoms with Crippen LogP contribution in [-0.4, -0.2) is 36.9 Å². The summed E-state index contributed by atoms with van der Waals surface area (Å²) in [5.41, 5.74) is 6.78. The third-order valence-corrected chi connectivity index (χ3v) is 4.48. The topological polar surface area (TPSA) is 125 Å². The van der Waals surface area contributed by atoms with Gasteiger partial charge in [-0.3, -0.25) is 0 Å². The van der Waals surface area contributed by atoms with Gasteiger partial charge in [-0.1, -0.05) is 24.3 Å². The Morgan fingerprint density at radius 2 is 2.08 bits per heavy atom. The van der Waals surface area contributed by atoms with E-state index in [1.807, 2.05) is 0 Å². The number of hydrogen-bond donors (Lipinski definition) is 2. The zero-order valence-corrected chi connectivity index (χ0v) is 14.7. The largest absolute Gasteiger partial charge is 0.423 e. The Morgan fingerprint density at radius 3 is 2.81 bits per heavy atom. The molecule has 0 spiro atoms. The van der Waals surface area contributed by atoms with Gasteiger partial charge in [-0.2, -0.15) is 0 Å². The van der Waals surface area contributed by atoms with Gasteiger partial charge in [0.1, 0.15) is 17.6 Å². The van der Waals surface area contributed by atoms with Crippen LogP contribution in [0.25, 0.3) is 11.2 Å². The maximum atomic E-state index is 12.2. The summed E-state index contributed by atoms with van der Waals surface area (Å²) in [6.07, 6.45) is 3.38. The number of ether oxygens (including phenoxy) is 1. The van der Waals surface area contributed by atoms with E-state index in [0.29, 0.717) is 23.5 Å². The Bertz CT molecular complexity index is 946. The van der Waals surface area contributed by atoms with Gasteiger partial charge in [-0.25, -0.2) is 19.5 Å². The van der Waals surface area contributed by atoms with Crippen molar-refractivity contribution in [2.45, 2.75) is 12.6 Å². The first-order valence-corrected chi connectivity index (χ1v) is 9.47. The summed E-state index contributed by atoms with van der Waals surface area (Å²) in [6, 6.07) is 8.39. The van der Waals surface area contributed by atoms with Crippen molar-refractivity contribution in [3.05, 3.63) is 55.6 Å². The summed E-state index contributed by atoms with van der Waals surface area (Å²) in [4.78, 5) is 22.2. The van der Waals surface area contributed by atoms with Crippen molar-refractivity contribution in [1.29, 1.82) is 0 Å². The van der Waals surface area contributed by atoms with Crippen LogP contribution in [0.15, 0.2) is 55.6 Å². The number of nitrogens with two attached hydrogens (primary N) is 1. The minimum Gasteiger partial charge on any atom is -0.423 e. The molecule has 0 saturated carbocycles. The third-order valence-electron chi connectivity index (χ3n) is 3.51. The molecule has 26 heavy (non-hydrogen) atoms. The van der Waals surface area contributed by atoms with Crippen molar-refractivity contribution in [2.75, 3.05) is 12.1 Å². The maximum absolute atomic E-state index is 12.2. The second-order valence-electron chi connectivity index (χ2n) is 5.44. The van der Waals surface area contributed by atoms with E-state index in [9.17, 15) is 9.46 Å². The molecule has 9 nitrogen and oxygen atoms in total. The van der Waals surface area contributed by atoms with E-state index in [0.717, 1.165) is 0 Å². The molecule has 0 fully saturated rings. The van der Waals surface area contributed by atoms with E-state index in [1.165, 1.54) is 12.4 Å². The van der Waals surface area contributed by atoms with Crippen LogP contribution in [0.2, 0.25) is 0 Å². The Labute approximate surface area is 149 Å². The van der Waals surface area contributed by atoms with Crippen LogP contribution in [0.1, 0.15) is 0 Å². The fourth-order valence-electron chi connectivity index (χ4n) is 2.28. The summed E-state index contributed by atoms with van der Waals surface area (Å²) in [7, 11) is -3.97. The first-order valence-electron chi connectivity index (χ1n) is 7.70. The molecule has 0 aliphatic carbocycles. The second kappa shape index (κ2) is 7.65. The summed E-state index contributed by atoms with van der Waals surface area (Å²) in [5.74, 6) is 0.575. The van der Waals surface area contributed by atoms with Gasteiger partial charge in [0.25, 0.3) is 0 Å². The molecule has 2 aromatic heterocycles. The van der Waals surface area contributed by atoms with E-state index < -0.39 is 20.0 Å². The van der Waals surface area contributed by atoms with Crippen molar-refractivity contribution >= 4 is 24.6 Å². The van der Waals surface area contributed by atoms with Gasteiger partial charge in [0.05, 0.1) is 19.0 Å². The molecule has 2 atom stereocenters. The molecule has 1 unspecified atom stereocenters. The summed E-state index contributed by atoms with van der Waals surface area (Å²) >= 11 is 0. The van der Waals surface area contributed by atoms with E-state index >= 15 is 0 Å². The predicted molar refractivity (Wildman–Crippen MR) is 96.6 cm³/mol. The molecule has 1 aromatic carbocycles. The second-order valence-corrected chi connectivity index (χ2v) is 7.16. The first-order chi connectivity index (χ1) is 12.5. The third kappa shape index (κ3) is 4.26. The average molecular weight is 375 g/mol. The number of fused-ring (bicyclic) bond motifs is 1. The maximum Gasteiger partial charge on any atom is 0.402 e. The monoisotopic (exact) mass is 375 g/mol. The molecule has 0 bridgehead atoms.